The van der Waals surface area contributed by atoms with Gasteiger partial charge in [-0.3, -0.25) is 0 Å². The minimum absolute atomic E-state index is 0.109. The molecule has 1 aromatic heterocycles. The first kappa shape index (κ1) is 11.1. The second kappa shape index (κ2) is 4.66. The molecule has 0 atom stereocenters. The zero-order valence-corrected chi connectivity index (χ0v) is 10.2. The molecular weight excluding hydrogens is 215 g/mol. The molecule has 2 aromatic rings. The summed E-state index contributed by atoms with van der Waals surface area (Å²) < 4.78 is 0. The average Bonchev–Trinajstić information content (AvgIpc) is 2.71. The van der Waals surface area contributed by atoms with Crippen LogP contribution < -0.4 is 0 Å². The molecule has 1 heterocycles. The Balaban J connectivity index is 2.55. The lowest BCUT2D eigenvalue weighted by molar-refractivity contribution is 0.107. The zero-order valence-electron chi connectivity index (χ0n) is 9.36. The second-order valence-corrected chi connectivity index (χ2v) is 4.52. The minimum Gasteiger partial charge on any atom is -0.307 e. The van der Waals surface area contributed by atoms with Crippen molar-refractivity contribution in [1.82, 2.24) is 0 Å². The van der Waals surface area contributed by atoms with E-state index in [4.69, 9.17) is 0 Å². The quantitative estimate of drug-likeness (QED) is 0.732. The summed E-state index contributed by atoms with van der Waals surface area (Å²) in [6, 6.07) is 10.1. The van der Waals surface area contributed by atoms with E-state index in [0.717, 1.165) is 21.6 Å². The highest BCUT2D eigenvalue weighted by Crippen LogP contribution is 2.32. The van der Waals surface area contributed by atoms with Crippen LogP contribution >= 0.6 is 11.3 Å². The topological polar surface area (TPSA) is 17.1 Å². The summed E-state index contributed by atoms with van der Waals surface area (Å²) in [7, 11) is 1.63. The smallest absolute Gasteiger partial charge is 0.205 e. The Morgan fingerprint density at radius 1 is 1.25 bits per heavy atom. The summed E-state index contributed by atoms with van der Waals surface area (Å²) in [6.45, 7) is 3.77. The lowest BCUT2D eigenvalue weighted by atomic mass is 9.72. The van der Waals surface area contributed by atoms with Crippen LogP contribution in [-0.4, -0.2) is 13.0 Å². The molecule has 0 saturated carbocycles. The molecule has 1 nitrogen and oxygen atoms in total. The van der Waals surface area contributed by atoms with Crippen LogP contribution in [0.4, 0.5) is 0 Å². The molecule has 0 aliphatic heterocycles. The normalized spacial score (nSPS) is 10.1. The van der Waals surface area contributed by atoms with Crippen molar-refractivity contribution in [3.05, 3.63) is 46.8 Å². The van der Waals surface area contributed by atoms with Gasteiger partial charge in [0, 0.05) is 10.4 Å². The van der Waals surface area contributed by atoms with Crippen LogP contribution in [0.15, 0.2) is 35.7 Å². The lowest BCUT2D eigenvalue weighted by Crippen LogP contribution is -2.06. The predicted molar refractivity (Wildman–Crippen MR) is 70.4 cm³/mol. The Morgan fingerprint density at radius 2 is 1.94 bits per heavy atom. The van der Waals surface area contributed by atoms with Crippen molar-refractivity contribution < 1.29 is 4.79 Å². The van der Waals surface area contributed by atoms with Gasteiger partial charge in [0.15, 0.2) is 0 Å². The molecule has 2 rings (SSSR count). The first-order valence-corrected chi connectivity index (χ1v) is 6.09. The fourth-order valence-corrected chi connectivity index (χ4v) is 2.76. The Bertz CT molecular complexity index is 502. The third-order valence-electron chi connectivity index (χ3n) is 2.52. The van der Waals surface area contributed by atoms with Gasteiger partial charge in [-0.05, 0) is 23.4 Å². The molecule has 0 aliphatic carbocycles. The molecule has 1 radical (unpaired) electrons. The van der Waals surface area contributed by atoms with Gasteiger partial charge < -0.3 is 4.79 Å². The maximum atomic E-state index is 11.8. The Kier molecular flexibility index (Phi) is 3.25. The van der Waals surface area contributed by atoms with E-state index in [1.807, 2.05) is 42.6 Å². The molecule has 0 spiro atoms. The van der Waals surface area contributed by atoms with Gasteiger partial charge in [-0.1, -0.05) is 37.2 Å². The Morgan fingerprint density at radius 3 is 2.56 bits per heavy atom. The number of carbonyl (C=O) groups is 1. The summed E-state index contributed by atoms with van der Waals surface area (Å²) in [5, 5.41) is 2.04. The monoisotopic (exact) mass is 227 g/mol. The predicted octanol–water partition coefficient (Wildman–Crippen LogP) is 3.62. The third kappa shape index (κ3) is 1.95. The molecule has 0 bridgehead atoms. The Labute approximate surface area is 100 Å². The van der Waals surface area contributed by atoms with Crippen LogP contribution in [0.3, 0.4) is 0 Å². The summed E-state index contributed by atoms with van der Waals surface area (Å²) >= 11 is 1.63. The van der Waals surface area contributed by atoms with Crippen molar-refractivity contribution >= 4 is 24.3 Å². The Hall–Kier alpha value is -1.35. The summed E-state index contributed by atoms with van der Waals surface area (Å²) in [5.41, 5.74) is 3.13. The van der Waals surface area contributed by atoms with Gasteiger partial charge in [-0.15, -0.1) is 11.3 Å². The van der Waals surface area contributed by atoms with Gasteiger partial charge in [0.25, 0.3) is 0 Å². The minimum atomic E-state index is 0.109. The van der Waals surface area contributed by atoms with E-state index < -0.39 is 0 Å². The van der Waals surface area contributed by atoms with Gasteiger partial charge in [0.1, 0.15) is 5.68 Å². The fourth-order valence-electron chi connectivity index (χ4n) is 1.70. The highest BCUT2D eigenvalue weighted by atomic mass is 32.1. The standard InChI is InChI=1S/C13H12BOS/c1-9-8-16-12(11(9)13(15)14-2)10-6-4-3-5-7-10/h3-8H,1-2H3. The number of benzene rings is 1. The van der Waals surface area contributed by atoms with Crippen molar-refractivity contribution in [3.8, 4) is 10.4 Å². The molecule has 16 heavy (non-hydrogen) atoms. The van der Waals surface area contributed by atoms with E-state index in [-0.39, 0.29) is 5.68 Å². The largest absolute Gasteiger partial charge is 0.307 e. The van der Waals surface area contributed by atoms with Gasteiger partial charge >= 0.3 is 0 Å². The molecule has 79 valence electrons. The lowest BCUT2D eigenvalue weighted by Gasteiger charge is -2.03. The van der Waals surface area contributed by atoms with Crippen molar-refractivity contribution in [2.45, 2.75) is 13.7 Å². The molecule has 0 unspecified atom stereocenters. The van der Waals surface area contributed by atoms with Crippen LogP contribution in [0, 0.1) is 6.92 Å². The van der Waals surface area contributed by atoms with E-state index in [2.05, 4.69) is 0 Å². The van der Waals surface area contributed by atoms with Crippen molar-refractivity contribution in [2.75, 3.05) is 0 Å². The van der Waals surface area contributed by atoms with Crippen LogP contribution in [0.1, 0.15) is 15.9 Å². The number of rotatable bonds is 3. The van der Waals surface area contributed by atoms with E-state index in [0.29, 0.717) is 0 Å². The van der Waals surface area contributed by atoms with Crippen molar-refractivity contribution in [2.24, 2.45) is 0 Å². The first-order chi connectivity index (χ1) is 7.74. The zero-order chi connectivity index (χ0) is 11.5. The van der Waals surface area contributed by atoms with Gasteiger partial charge in [-0.25, -0.2) is 0 Å². The summed E-state index contributed by atoms with van der Waals surface area (Å²) in [4.78, 5) is 12.9. The summed E-state index contributed by atoms with van der Waals surface area (Å²) in [6.07, 6.45) is 0. The van der Waals surface area contributed by atoms with E-state index >= 15 is 0 Å². The maximum Gasteiger partial charge on any atom is 0.205 e. The number of hydrogen-bond acceptors (Lipinski definition) is 2. The number of thiophene rings is 1. The number of carbonyl (C=O) groups excluding carboxylic acids is 1. The van der Waals surface area contributed by atoms with Crippen LogP contribution in [0.5, 0.6) is 0 Å². The molecule has 0 aliphatic rings. The van der Waals surface area contributed by atoms with E-state index in [1.165, 1.54) is 0 Å². The average molecular weight is 227 g/mol. The molecule has 3 heteroatoms. The molecule has 0 N–H and O–H groups in total. The third-order valence-corrected chi connectivity index (χ3v) is 3.67. The molecule has 1 aromatic carbocycles. The van der Waals surface area contributed by atoms with Crippen LogP contribution in [0.25, 0.3) is 10.4 Å². The van der Waals surface area contributed by atoms with Gasteiger partial charge in [0.2, 0.25) is 7.28 Å². The molecule has 0 fully saturated rings. The fraction of sp³-hybridized carbons (Fsp3) is 0.154. The molecule has 0 saturated heterocycles. The van der Waals surface area contributed by atoms with Crippen molar-refractivity contribution in [1.29, 1.82) is 0 Å². The van der Waals surface area contributed by atoms with Gasteiger partial charge in [0.05, 0.1) is 0 Å². The maximum absolute atomic E-state index is 11.8. The van der Waals surface area contributed by atoms with E-state index in [9.17, 15) is 4.79 Å². The van der Waals surface area contributed by atoms with Crippen LogP contribution in [-0.2, 0) is 0 Å². The van der Waals surface area contributed by atoms with E-state index in [1.54, 1.807) is 25.4 Å². The number of aryl methyl sites for hydroxylation is 1. The highest BCUT2D eigenvalue weighted by Gasteiger charge is 2.15. The molecule has 0 amide bonds. The number of hydrogen-bond donors (Lipinski definition) is 0. The second-order valence-electron chi connectivity index (χ2n) is 3.64. The molecular formula is C13H12BOS. The van der Waals surface area contributed by atoms with Crippen LogP contribution in [0.2, 0.25) is 6.82 Å². The first-order valence-electron chi connectivity index (χ1n) is 5.21. The van der Waals surface area contributed by atoms with Gasteiger partial charge in [-0.2, -0.15) is 0 Å². The summed E-state index contributed by atoms with van der Waals surface area (Å²) in [5.74, 6) is 0. The highest BCUT2D eigenvalue weighted by molar-refractivity contribution is 7.14. The SMILES string of the molecule is C[B]C(=O)c1c(C)csc1-c1ccccc1. The van der Waals surface area contributed by atoms with Crippen molar-refractivity contribution in [3.63, 3.8) is 0 Å².